The van der Waals surface area contributed by atoms with Crippen LogP contribution >= 0.6 is 24.2 Å². The van der Waals surface area contributed by atoms with Crippen LogP contribution in [0.25, 0.3) is 0 Å². The highest BCUT2D eigenvalue weighted by molar-refractivity contribution is 7.81. The molecule has 3 N–H and O–H groups in total. The number of amides is 4. The lowest BCUT2D eigenvalue weighted by Crippen LogP contribution is -2.48. The van der Waals surface area contributed by atoms with E-state index in [-0.39, 0.29) is 30.5 Å². The van der Waals surface area contributed by atoms with E-state index in [1.807, 2.05) is 18.2 Å². The molecule has 12 nitrogen and oxygen atoms in total. The van der Waals surface area contributed by atoms with Gasteiger partial charge in [0.25, 0.3) is 5.91 Å². The number of alkyl halides is 3. The predicted octanol–water partition coefficient (Wildman–Crippen LogP) is 6.04. The van der Waals surface area contributed by atoms with Crippen molar-refractivity contribution in [3.63, 3.8) is 0 Å². The molecular formula is C41H46ClF3N8O4S. The van der Waals surface area contributed by atoms with Crippen LogP contribution in [0, 0.1) is 11.3 Å². The highest BCUT2D eigenvalue weighted by Crippen LogP contribution is 2.43. The van der Waals surface area contributed by atoms with Crippen LogP contribution in [-0.2, 0) is 38.2 Å². The van der Waals surface area contributed by atoms with E-state index in [1.54, 1.807) is 43.0 Å². The Hall–Kier alpha value is -4.82. The summed E-state index contributed by atoms with van der Waals surface area (Å²) in [5.74, 6) is -1.29. The van der Waals surface area contributed by atoms with Crippen molar-refractivity contribution in [2.45, 2.75) is 76.1 Å². The molecule has 0 aromatic heterocycles. The third-order valence-corrected chi connectivity index (χ3v) is 11.6. The summed E-state index contributed by atoms with van der Waals surface area (Å²) in [4.78, 5) is 57.9. The number of thiol groups is 1. The Morgan fingerprint density at radius 1 is 0.983 bits per heavy atom. The zero-order valence-electron chi connectivity index (χ0n) is 32.5. The molecule has 3 aromatic rings. The number of piperidine rings is 1. The molecule has 0 aliphatic carbocycles. The molecular weight excluding hydrogens is 793 g/mol. The van der Waals surface area contributed by atoms with E-state index >= 15 is 0 Å². The van der Waals surface area contributed by atoms with Gasteiger partial charge < -0.3 is 20.4 Å². The average molecular weight is 839 g/mol. The van der Waals surface area contributed by atoms with Crippen LogP contribution in [0.15, 0.2) is 54.6 Å². The van der Waals surface area contributed by atoms with Crippen LogP contribution in [0.2, 0.25) is 5.02 Å². The summed E-state index contributed by atoms with van der Waals surface area (Å²) in [6.07, 6.45) is -1.68. The molecule has 3 aliphatic heterocycles. The first-order chi connectivity index (χ1) is 27.5. The van der Waals surface area contributed by atoms with Crippen molar-refractivity contribution >= 4 is 70.6 Å². The maximum Gasteiger partial charge on any atom is 0.417 e. The number of hydrogen-bond donors (Lipinski definition) is 4. The standard InChI is InChI=1S/C41H46ClF3N8O4S/c1-4-25-18-32(53-39(58)52(38(57)40(53,2)3)31-9-8-27(23-46)33(22-31)41(43,44)45)10-7-26(25)6-5-13-50-14-16-51(17-15-50)24-36(55)48-30-20-28(42)19-29(21-30)47-34-11-12-35(54)49-37(34)56/h7-10,18-22,34,39,47,58H,4-6,11-17,24H2,1-3H3,(H,48,55)(H,49,54,56). The van der Waals surface area contributed by atoms with Gasteiger partial charge in [-0.3, -0.25) is 34.3 Å². The lowest BCUT2D eigenvalue weighted by Gasteiger charge is -2.34. The van der Waals surface area contributed by atoms with Gasteiger partial charge in [-0.25, -0.2) is 0 Å². The van der Waals surface area contributed by atoms with Crippen LogP contribution in [0.5, 0.6) is 0 Å². The quantitative estimate of drug-likeness (QED) is 0.127. The number of nitriles is 1. The van der Waals surface area contributed by atoms with Gasteiger partial charge in [0.2, 0.25) is 17.7 Å². The van der Waals surface area contributed by atoms with Crippen molar-refractivity contribution in [1.82, 2.24) is 15.1 Å². The van der Waals surface area contributed by atoms with E-state index in [9.17, 15) is 37.6 Å². The van der Waals surface area contributed by atoms with Crippen LogP contribution < -0.4 is 25.8 Å². The van der Waals surface area contributed by atoms with Gasteiger partial charge in [-0.1, -0.05) is 24.6 Å². The van der Waals surface area contributed by atoms with Gasteiger partial charge in [0.15, 0.2) is 5.50 Å². The van der Waals surface area contributed by atoms with Gasteiger partial charge in [0, 0.05) is 60.4 Å². The molecule has 3 aliphatic rings. The van der Waals surface area contributed by atoms with Crippen molar-refractivity contribution in [3.8, 4) is 6.07 Å². The second-order valence-electron chi connectivity index (χ2n) is 15.2. The fraction of sp³-hybridized carbons (Fsp3) is 0.439. The SMILES string of the molecule is CCc1cc(N2C(S)N(c3ccc(C#N)c(C(F)(F)F)c3)C(=O)C2(C)C)ccc1CCCN1CCN(CC(=O)Nc2cc(Cl)cc(NC3CCC(=O)NC3=O)c2)CC1. The molecule has 58 heavy (non-hydrogen) atoms. The monoisotopic (exact) mass is 838 g/mol. The number of anilines is 4. The van der Waals surface area contributed by atoms with E-state index < -0.39 is 46.2 Å². The van der Waals surface area contributed by atoms with Crippen molar-refractivity contribution in [2.75, 3.05) is 59.7 Å². The fourth-order valence-electron chi connectivity index (χ4n) is 7.81. The van der Waals surface area contributed by atoms with E-state index in [0.29, 0.717) is 22.8 Å². The first-order valence-corrected chi connectivity index (χ1v) is 20.1. The van der Waals surface area contributed by atoms with Gasteiger partial charge in [-0.2, -0.15) is 18.4 Å². The second-order valence-corrected chi connectivity index (χ2v) is 16.1. The predicted molar refractivity (Wildman–Crippen MR) is 220 cm³/mol. The molecule has 3 fully saturated rings. The zero-order chi connectivity index (χ0) is 41.9. The Morgan fingerprint density at radius 2 is 1.67 bits per heavy atom. The fourth-order valence-corrected chi connectivity index (χ4v) is 8.70. The number of halogens is 4. The van der Waals surface area contributed by atoms with Gasteiger partial charge in [-0.15, -0.1) is 12.6 Å². The molecule has 308 valence electrons. The Kier molecular flexibility index (Phi) is 13.0. The van der Waals surface area contributed by atoms with Crippen molar-refractivity contribution in [2.24, 2.45) is 0 Å². The molecule has 6 rings (SSSR count). The molecule has 17 heteroatoms. The first-order valence-electron chi connectivity index (χ1n) is 19.2. The second kappa shape index (κ2) is 17.6. The molecule has 3 saturated heterocycles. The Morgan fingerprint density at radius 3 is 2.34 bits per heavy atom. The summed E-state index contributed by atoms with van der Waals surface area (Å²) in [6, 6.07) is 15.3. The maximum atomic E-state index is 13.8. The number of carbonyl (C=O) groups is 4. The topological polar surface area (TPSA) is 141 Å². The van der Waals surface area contributed by atoms with E-state index in [2.05, 4.69) is 32.7 Å². The number of rotatable bonds is 12. The number of nitrogens with zero attached hydrogens (tertiary/aromatic N) is 5. The lowest BCUT2D eigenvalue weighted by atomic mass is 9.97. The average Bonchev–Trinajstić information content (AvgIpc) is 3.34. The Labute approximate surface area is 346 Å². The number of hydrogen-bond acceptors (Lipinski definition) is 10. The van der Waals surface area contributed by atoms with Crippen LogP contribution in [-0.4, -0.2) is 89.8 Å². The number of piperazine rings is 1. The van der Waals surface area contributed by atoms with Crippen LogP contribution in [0.1, 0.15) is 62.3 Å². The maximum absolute atomic E-state index is 13.8. The minimum absolute atomic E-state index is 0.0116. The molecule has 0 bridgehead atoms. The third-order valence-electron chi connectivity index (χ3n) is 10.9. The van der Waals surface area contributed by atoms with E-state index in [4.69, 9.17) is 24.2 Å². The van der Waals surface area contributed by atoms with Gasteiger partial charge >= 0.3 is 6.18 Å². The zero-order valence-corrected chi connectivity index (χ0v) is 34.1. The van der Waals surface area contributed by atoms with Crippen molar-refractivity contribution < 1.29 is 32.3 Å². The van der Waals surface area contributed by atoms with E-state index in [0.717, 1.165) is 75.4 Å². The number of imide groups is 1. The Bertz CT molecular complexity index is 2120. The summed E-state index contributed by atoms with van der Waals surface area (Å²) in [5.41, 5.74) is 0.448. The summed E-state index contributed by atoms with van der Waals surface area (Å²) >= 11 is 11.0. The van der Waals surface area contributed by atoms with Gasteiger partial charge in [0.1, 0.15) is 11.6 Å². The lowest BCUT2D eigenvalue weighted by molar-refractivity contribution is -0.138. The highest BCUT2D eigenvalue weighted by Gasteiger charge is 2.52. The van der Waals surface area contributed by atoms with Gasteiger partial charge in [-0.05, 0) is 106 Å². The molecule has 0 saturated carbocycles. The van der Waals surface area contributed by atoms with Crippen LogP contribution in [0.4, 0.5) is 35.9 Å². The molecule has 0 spiro atoms. The summed E-state index contributed by atoms with van der Waals surface area (Å²) in [7, 11) is 0. The van der Waals surface area contributed by atoms with Crippen molar-refractivity contribution in [1.29, 1.82) is 5.26 Å². The summed E-state index contributed by atoms with van der Waals surface area (Å²) in [5, 5.41) is 18.0. The first kappa shape index (κ1) is 42.8. The van der Waals surface area contributed by atoms with E-state index in [1.165, 1.54) is 16.5 Å². The Balaban J connectivity index is 0.999. The number of carbonyl (C=O) groups excluding carboxylic acids is 4. The van der Waals surface area contributed by atoms with Gasteiger partial charge in [0.05, 0.1) is 23.7 Å². The summed E-state index contributed by atoms with van der Waals surface area (Å²) in [6.45, 7) is 9.67. The number of aryl methyl sites for hydroxylation is 2. The smallest absolute Gasteiger partial charge is 0.374 e. The molecule has 3 heterocycles. The molecule has 3 aromatic carbocycles. The van der Waals surface area contributed by atoms with Crippen LogP contribution in [0.3, 0.4) is 0 Å². The largest absolute Gasteiger partial charge is 0.417 e. The number of nitrogens with one attached hydrogen (secondary N) is 3. The molecule has 2 atom stereocenters. The normalized spacial score (nSPS) is 20.2. The minimum Gasteiger partial charge on any atom is -0.374 e. The molecule has 0 radical (unpaired) electrons. The summed E-state index contributed by atoms with van der Waals surface area (Å²) < 4.78 is 41.4. The van der Waals surface area contributed by atoms with Crippen molar-refractivity contribution in [3.05, 3.63) is 81.9 Å². The minimum atomic E-state index is -4.77. The highest BCUT2D eigenvalue weighted by atomic mass is 35.5. The molecule has 2 unspecified atom stereocenters. The number of benzene rings is 3. The third kappa shape index (κ3) is 9.55. The molecule has 4 amide bonds.